The van der Waals surface area contributed by atoms with Gasteiger partial charge in [0.1, 0.15) is 23.3 Å². The molecule has 2 N–H and O–H groups in total. The Hall–Kier alpha value is -2.06. The number of hydrogen-bond acceptors (Lipinski definition) is 6. The van der Waals surface area contributed by atoms with Crippen LogP contribution in [-0.4, -0.2) is 27.5 Å². The molecule has 26 heavy (non-hydrogen) atoms. The number of fused-ring (bicyclic) bond motifs is 1. The first-order chi connectivity index (χ1) is 12.5. The van der Waals surface area contributed by atoms with Crippen LogP contribution in [0.25, 0.3) is 0 Å². The fourth-order valence-corrected chi connectivity index (χ4v) is 4.60. The first kappa shape index (κ1) is 17.4. The van der Waals surface area contributed by atoms with Gasteiger partial charge in [-0.3, -0.25) is 9.97 Å². The van der Waals surface area contributed by atoms with Crippen molar-refractivity contribution in [3.05, 3.63) is 59.2 Å². The van der Waals surface area contributed by atoms with Crippen molar-refractivity contribution < 1.29 is 13.5 Å². The molecule has 2 aliphatic rings. The number of nitrogens with zero attached hydrogens (tertiary/aromatic N) is 3. The maximum Gasteiger partial charge on any atom is 0.154 e. The minimum atomic E-state index is -0.943. The fourth-order valence-electron chi connectivity index (χ4n) is 3.58. The van der Waals surface area contributed by atoms with E-state index in [9.17, 15) is 8.78 Å². The van der Waals surface area contributed by atoms with Crippen LogP contribution in [-0.2, 0) is 10.3 Å². The molecule has 3 atom stereocenters. The number of aromatic nitrogens is 2. The first-order valence-electron chi connectivity index (χ1n) is 8.32. The SMILES string of the molecule is Cc1cnc(C2CC3CSC(N)=NC3(c3ccc(F)cc3F)CO2)cn1. The highest BCUT2D eigenvalue weighted by atomic mass is 32.2. The Morgan fingerprint density at radius 2 is 2.12 bits per heavy atom. The lowest BCUT2D eigenvalue weighted by Crippen LogP contribution is -2.48. The molecule has 0 radical (unpaired) electrons. The van der Waals surface area contributed by atoms with Crippen LogP contribution >= 0.6 is 11.8 Å². The van der Waals surface area contributed by atoms with Crippen LogP contribution in [0.2, 0.25) is 0 Å². The predicted molar refractivity (Wildman–Crippen MR) is 95.7 cm³/mol. The molecule has 1 aromatic carbocycles. The Balaban J connectivity index is 1.71. The second-order valence-corrected chi connectivity index (χ2v) is 7.66. The summed E-state index contributed by atoms with van der Waals surface area (Å²) in [6, 6.07) is 3.57. The summed E-state index contributed by atoms with van der Waals surface area (Å²) in [5.41, 5.74) is 6.90. The van der Waals surface area contributed by atoms with Gasteiger partial charge in [0.05, 0.1) is 24.2 Å². The highest BCUT2D eigenvalue weighted by molar-refractivity contribution is 8.13. The van der Waals surface area contributed by atoms with E-state index in [0.29, 0.717) is 22.9 Å². The standard InChI is InChI=1S/C18H18F2N4OS/c1-10-6-23-15(7-22-10)16-4-11-8-26-17(21)24-18(11,9-25-16)13-3-2-12(19)5-14(13)20/h2-3,5-7,11,16H,4,8-9H2,1H3,(H2,21,24). The van der Waals surface area contributed by atoms with Crippen LogP contribution < -0.4 is 5.73 Å². The zero-order chi connectivity index (χ0) is 18.3. The van der Waals surface area contributed by atoms with Crippen molar-refractivity contribution >= 4 is 16.9 Å². The minimum Gasteiger partial charge on any atom is -0.379 e. The quantitative estimate of drug-likeness (QED) is 0.872. The van der Waals surface area contributed by atoms with Gasteiger partial charge in [0.15, 0.2) is 5.17 Å². The van der Waals surface area contributed by atoms with E-state index in [1.807, 2.05) is 6.92 Å². The van der Waals surface area contributed by atoms with Gasteiger partial charge in [0.25, 0.3) is 0 Å². The molecule has 2 aromatic rings. The van der Waals surface area contributed by atoms with Crippen LogP contribution in [0.1, 0.15) is 29.5 Å². The van der Waals surface area contributed by atoms with E-state index in [0.717, 1.165) is 17.5 Å². The number of benzene rings is 1. The lowest BCUT2D eigenvalue weighted by molar-refractivity contribution is -0.0608. The van der Waals surface area contributed by atoms with Crippen LogP contribution in [0.5, 0.6) is 0 Å². The maximum atomic E-state index is 14.6. The lowest BCUT2D eigenvalue weighted by Gasteiger charge is -2.46. The average molecular weight is 376 g/mol. The van der Waals surface area contributed by atoms with Crippen LogP contribution in [0.3, 0.4) is 0 Å². The Labute approximate surface area is 154 Å². The van der Waals surface area contributed by atoms with Crippen molar-refractivity contribution in [3.63, 3.8) is 0 Å². The second kappa shape index (κ2) is 6.59. The third-order valence-corrected chi connectivity index (χ3v) is 5.91. The number of aliphatic imine (C=N–C) groups is 1. The molecular formula is C18H18F2N4OS. The summed E-state index contributed by atoms with van der Waals surface area (Å²) >= 11 is 1.45. The molecule has 0 aliphatic carbocycles. The van der Waals surface area contributed by atoms with E-state index in [4.69, 9.17) is 10.5 Å². The van der Waals surface area contributed by atoms with Crippen molar-refractivity contribution in [2.24, 2.45) is 16.6 Å². The number of halogens is 2. The fraction of sp³-hybridized carbons (Fsp3) is 0.389. The van der Waals surface area contributed by atoms with Gasteiger partial charge in [-0.15, -0.1) is 0 Å². The molecule has 0 spiro atoms. The van der Waals surface area contributed by atoms with Crippen molar-refractivity contribution in [3.8, 4) is 0 Å². The molecule has 8 heteroatoms. The third kappa shape index (κ3) is 2.97. The number of ether oxygens (including phenoxy) is 1. The Kier molecular flexibility index (Phi) is 4.40. The molecule has 1 saturated heterocycles. The average Bonchev–Trinajstić information content (AvgIpc) is 2.61. The topological polar surface area (TPSA) is 73.4 Å². The zero-order valence-electron chi connectivity index (χ0n) is 14.2. The second-order valence-electron chi connectivity index (χ2n) is 6.62. The summed E-state index contributed by atoms with van der Waals surface area (Å²) in [6.45, 7) is 2.03. The number of rotatable bonds is 2. The van der Waals surface area contributed by atoms with Gasteiger partial charge in [-0.1, -0.05) is 17.8 Å². The minimum absolute atomic E-state index is 0.0124. The predicted octanol–water partition coefficient (Wildman–Crippen LogP) is 3.10. The summed E-state index contributed by atoms with van der Waals surface area (Å²) < 4.78 is 34.0. The Bertz CT molecular complexity index is 861. The maximum absolute atomic E-state index is 14.6. The van der Waals surface area contributed by atoms with E-state index >= 15 is 0 Å². The molecule has 2 aliphatic heterocycles. The largest absolute Gasteiger partial charge is 0.379 e. The van der Waals surface area contributed by atoms with Crippen LogP contribution in [0.4, 0.5) is 8.78 Å². The van der Waals surface area contributed by atoms with E-state index in [1.54, 1.807) is 12.4 Å². The van der Waals surface area contributed by atoms with Gasteiger partial charge in [-0.25, -0.2) is 13.8 Å². The third-order valence-electron chi connectivity index (χ3n) is 4.95. The van der Waals surface area contributed by atoms with Gasteiger partial charge < -0.3 is 10.5 Å². The normalized spacial score (nSPS) is 28.3. The van der Waals surface area contributed by atoms with Gasteiger partial charge in [-0.2, -0.15) is 0 Å². The highest BCUT2D eigenvalue weighted by Gasteiger charge is 2.49. The molecule has 1 aromatic heterocycles. The van der Waals surface area contributed by atoms with Gasteiger partial charge in [0, 0.05) is 29.5 Å². The Morgan fingerprint density at radius 1 is 1.27 bits per heavy atom. The molecule has 136 valence electrons. The lowest BCUT2D eigenvalue weighted by atomic mass is 9.74. The monoisotopic (exact) mass is 376 g/mol. The molecule has 3 heterocycles. The van der Waals surface area contributed by atoms with Crippen molar-refractivity contribution in [2.45, 2.75) is 25.0 Å². The summed E-state index contributed by atoms with van der Waals surface area (Å²) in [5, 5.41) is 0.391. The number of nitrogens with two attached hydrogens (primary N) is 1. The number of aryl methyl sites for hydroxylation is 1. The van der Waals surface area contributed by atoms with E-state index in [2.05, 4.69) is 15.0 Å². The number of amidine groups is 1. The highest BCUT2D eigenvalue weighted by Crippen LogP contribution is 2.49. The molecule has 3 unspecified atom stereocenters. The van der Waals surface area contributed by atoms with E-state index in [1.165, 1.54) is 23.9 Å². The van der Waals surface area contributed by atoms with Gasteiger partial charge >= 0.3 is 0 Å². The van der Waals surface area contributed by atoms with Crippen molar-refractivity contribution in [1.82, 2.24) is 9.97 Å². The zero-order valence-corrected chi connectivity index (χ0v) is 15.0. The molecule has 0 amide bonds. The molecule has 4 rings (SSSR count). The van der Waals surface area contributed by atoms with Gasteiger partial charge in [0.2, 0.25) is 0 Å². The molecular weight excluding hydrogens is 358 g/mol. The van der Waals surface area contributed by atoms with Crippen LogP contribution in [0, 0.1) is 24.5 Å². The van der Waals surface area contributed by atoms with Crippen LogP contribution in [0.15, 0.2) is 35.6 Å². The van der Waals surface area contributed by atoms with E-state index in [-0.39, 0.29) is 18.6 Å². The molecule has 0 saturated carbocycles. The number of hydrogen-bond donors (Lipinski definition) is 1. The first-order valence-corrected chi connectivity index (χ1v) is 9.30. The summed E-state index contributed by atoms with van der Waals surface area (Å²) in [5.74, 6) is -0.575. The molecule has 0 bridgehead atoms. The Morgan fingerprint density at radius 3 is 2.85 bits per heavy atom. The van der Waals surface area contributed by atoms with Gasteiger partial charge in [-0.05, 0) is 19.4 Å². The van der Waals surface area contributed by atoms with E-state index < -0.39 is 17.2 Å². The molecule has 1 fully saturated rings. The smallest absolute Gasteiger partial charge is 0.154 e. The molecule has 5 nitrogen and oxygen atoms in total. The van der Waals surface area contributed by atoms with Crippen molar-refractivity contribution in [1.29, 1.82) is 0 Å². The summed E-state index contributed by atoms with van der Waals surface area (Å²) in [6.07, 6.45) is 3.78. The van der Waals surface area contributed by atoms with Crippen molar-refractivity contribution in [2.75, 3.05) is 12.4 Å². The number of thioether (sulfide) groups is 1. The summed E-state index contributed by atoms with van der Waals surface area (Å²) in [7, 11) is 0. The summed E-state index contributed by atoms with van der Waals surface area (Å²) in [4.78, 5) is 13.2.